The number of aromatic nitrogens is 1. The number of oxazole rings is 1. The molecule has 0 saturated carbocycles. The maximum atomic E-state index is 12.1. The predicted octanol–water partition coefficient (Wildman–Crippen LogP) is 3.94. The fraction of sp³-hybridized carbons (Fsp3) is 0.278. The molecule has 0 unspecified atom stereocenters. The number of benzene rings is 2. The molecule has 8 heteroatoms. The Bertz CT molecular complexity index is 799. The minimum Gasteiger partial charge on any atom is -0.492 e. The van der Waals surface area contributed by atoms with Crippen molar-refractivity contribution in [1.82, 2.24) is 10.3 Å². The Morgan fingerprint density at radius 1 is 0.962 bits per heavy atom. The van der Waals surface area contributed by atoms with Crippen molar-refractivity contribution < 1.29 is 27.1 Å². The lowest BCUT2D eigenvalue weighted by molar-refractivity contribution is -0.153. The van der Waals surface area contributed by atoms with E-state index in [1.807, 2.05) is 24.3 Å². The van der Waals surface area contributed by atoms with Crippen LogP contribution in [-0.4, -0.2) is 30.9 Å². The van der Waals surface area contributed by atoms with E-state index in [0.717, 1.165) is 11.1 Å². The van der Waals surface area contributed by atoms with Gasteiger partial charge in [-0.3, -0.25) is 0 Å². The highest BCUT2D eigenvalue weighted by Gasteiger charge is 2.28. The Morgan fingerprint density at radius 3 is 2.35 bits per heavy atom. The molecule has 0 aliphatic rings. The summed E-state index contributed by atoms with van der Waals surface area (Å²) in [4.78, 5) is 4.35. The second kappa shape index (κ2) is 8.09. The molecule has 5 nitrogen and oxygen atoms in total. The first-order valence-electron chi connectivity index (χ1n) is 7.97. The van der Waals surface area contributed by atoms with Crippen LogP contribution in [0.15, 0.2) is 52.9 Å². The molecule has 0 fully saturated rings. The lowest BCUT2D eigenvalue weighted by Gasteiger charge is -2.10. The first-order chi connectivity index (χ1) is 12.5. The van der Waals surface area contributed by atoms with E-state index in [2.05, 4.69) is 15.0 Å². The fourth-order valence-electron chi connectivity index (χ4n) is 2.23. The normalized spacial score (nSPS) is 11.7. The van der Waals surface area contributed by atoms with Gasteiger partial charge in [0, 0.05) is 6.54 Å². The Labute approximate surface area is 147 Å². The third kappa shape index (κ3) is 5.38. The van der Waals surface area contributed by atoms with Gasteiger partial charge in [0.1, 0.15) is 23.6 Å². The topological polar surface area (TPSA) is 56.5 Å². The Kier molecular flexibility index (Phi) is 5.62. The number of halogens is 3. The summed E-state index contributed by atoms with van der Waals surface area (Å²) in [5.74, 6) is 1.29. The van der Waals surface area contributed by atoms with E-state index < -0.39 is 12.8 Å². The van der Waals surface area contributed by atoms with Crippen molar-refractivity contribution in [2.24, 2.45) is 0 Å². The van der Waals surface area contributed by atoms with Gasteiger partial charge in [-0.15, -0.1) is 0 Å². The van der Waals surface area contributed by atoms with E-state index >= 15 is 0 Å². The van der Waals surface area contributed by atoms with Crippen LogP contribution in [0.2, 0.25) is 0 Å². The summed E-state index contributed by atoms with van der Waals surface area (Å²) in [6, 6.07) is 13.5. The summed E-state index contributed by atoms with van der Waals surface area (Å²) in [5.41, 5.74) is 1.56. The van der Waals surface area contributed by atoms with Crippen LogP contribution in [-0.2, 0) is 6.54 Å². The van der Waals surface area contributed by atoms with Crippen molar-refractivity contribution in [3.8, 4) is 11.5 Å². The Hall–Kier alpha value is -2.74. The van der Waals surface area contributed by atoms with Crippen LogP contribution in [0.1, 0.15) is 5.89 Å². The SMILES string of the molecule is FC(F)(F)COc1ccc(OCCNCc2nc3ccccc3o2)cc1. The molecular formula is C18H17F3N2O3. The molecule has 3 aromatic rings. The van der Waals surface area contributed by atoms with Crippen LogP contribution in [0.4, 0.5) is 13.2 Å². The van der Waals surface area contributed by atoms with Crippen molar-refractivity contribution in [3.05, 3.63) is 54.4 Å². The van der Waals surface area contributed by atoms with Gasteiger partial charge in [0.25, 0.3) is 0 Å². The lowest BCUT2D eigenvalue weighted by atomic mass is 10.3. The van der Waals surface area contributed by atoms with Crippen LogP contribution < -0.4 is 14.8 Å². The van der Waals surface area contributed by atoms with Gasteiger partial charge >= 0.3 is 6.18 Å². The highest BCUT2D eigenvalue weighted by molar-refractivity contribution is 5.72. The number of ether oxygens (including phenoxy) is 2. The number of hydrogen-bond acceptors (Lipinski definition) is 5. The van der Waals surface area contributed by atoms with Crippen LogP contribution in [0.3, 0.4) is 0 Å². The molecule has 1 N–H and O–H groups in total. The summed E-state index contributed by atoms with van der Waals surface area (Å²) in [5, 5.41) is 3.15. The van der Waals surface area contributed by atoms with E-state index in [0.29, 0.717) is 31.3 Å². The maximum absolute atomic E-state index is 12.1. The van der Waals surface area contributed by atoms with E-state index in [9.17, 15) is 13.2 Å². The van der Waals surface area contributed by atoms with E-state index in [-0.39, 0.29) is 5.75 Å². The molecule has 0 amide bonds. The van der Waals surface area contributed by atoms with Crippen LogP contribution >= 0.6 is 0 Å². The molecule has 1 aromatic heterocycles. The largest absolute Gasteiger partial charge is 0.492 e. The quantitative estimate of drug-likeness (QED) is 0.612. The highest BCUT2D eigenvalue weighted by atomic mass is 19.4. The Balaban J connectivity index is 1.37. The second-order valence-corrected chi connectivity index (χ2v) is 5.48. The predicted molar refractivity (Wildman–Crippen MR) is 89.2 cm³/mol. The van der Waals surface area contributed by atoms with Crippen molar-refractivity contribution in [2.75, 3.05) is 19.8 Å². The number of fused-ring (bicyclic) bond motifs is 1. The van der Waals surface area contributed by atoms with Crippen LogP contribution in [0.25, 0.3) is 11.1 Å². The lowest BCUT2D eigenvalue weighted by Crippen LogP contribution is -2.20. The molecule has 138 valence electrons. The minimum absolute atomic E-state index is 0.142. The number of nitrogens with one attached hydrogen (secondary N) is 1. The number of rotatable bonds is 8. The van der Waals surface area contributed by atoms with E-state index in [1.165, 1.54) is 12.1 Å². The van der Waals surface area contributed by atoms with Crippen molar-refractivity contribution in [1.29, 1.82) is 0 Å². The average Bonchev–Trinajstić information content (AvgIpc) is 3.03. The average molecular weight is 366 g/mol. The molecule has 0 saturated heterocycles. The molecule has 3 rings (SSSR count). The molecule has 0 atom stereocenters. The third-order valence-corrected chi connectivity index (χ3v) is 3.39. The maximum Gasteiger partial charge on any atom is 0.422 e. The molecule has 2 aromatic carbocycles. The monoisotopic (exact) mass is 366 g/mol. The summed E-state index contributed by atoms with van der Waals surface area (Å²) in [6.45, 7) is 0.114. The van der Waals surface area contributed by atoms with Gasteiger partial charge in [-0.1, -0.05) is 12.1 Å². The summed E-state index contributed by atoms with van der Waals surface area (Å²) < 4.78 is 52.0. The standard InChI is InChI=1S/C18H17F3N2O3/c19-18(20,21)12-25-14-7-5-13(6-8-14)24-10-9-22-11-17-23-15-3-1-2-4-16(15)26-17/h1-8,22H,9-12H2. The zero-order valence-corrected chi connectivity index (χ0v) is 13.8. The van der Waals surface area contributed by atoms with Crippen LogP contribution in [0, 0.1) is 0 Å². The van der Waals surface area contributed by atoms with Gasteiger partial charge in [0.15, 0.2) is 12.2 Å². The molecule has 0 radical (unpaired) electrons. The van der Waals surface area contributed by atoms with E-state index in [1.54, 1.807) is 12.1 Å². The first kappa shape index (κ1) is 18.1. The molecule has 1 heterocycles. The molecular weight excluding hydrogens is 349 g/mol. The van der Waals surface area contributed by atoms with Gasteiger partial charge in [-0.2, -0.15) is 13.2 Å². The third-order valence-electron chi connectivity index (χ3n) is 3.39. The summed E-state index contributed by atoms with van der Waals surface area (Å²) >= 11 is 0. The smallest absolute Gasteiger partial charge is 0.422 e. The molecule has 0 aliphatic heterocycles. The van der Waals surface area contributed by atoms with Crippen LogP contribution in [0.5, 0.6) is 11.5 Å². The molecule has 0 spiro atoms. The van der Waals surface area contributed by atoms with Gasteiger partial charge < -0.3 is 19.2 Å². The number of para-hydroxylation sites is 2. The molecule has 26 heavy (non-hydrogen) atoms. The van der Waals surface area contributed by atoms with Gasteiger partial charge in [0.2, 0.25) is 5.89 Å². The summed E-state index contributed by atoms with van der Waals surface area (Å²) in [7, 11) is 0. The number of alkyl halides is 3. The number of hydrogen-bond donors (Lipinski definition) is 1. The van der Waals surface area contributed by atoms with Gasteiger partial charge in [-0.25, -0.2) is 4.98 Å². The Morgan fingerprint density at radius 2 is 1.65 bits per heavy atom. The number of nitrogens with zero attached hydrogens (tertiary/aromatic N) is 1. The van der Waals surface area contributed by atoms with E-state index in [4.69, 9.17) is 9.15 Å². The van der Waals surface area contributed by atoms with Crippen molar-refractivity contribution in [3.63, 3.8) is 0 Å². The zero-order valence-electron chi connectivity index (χ0n) is 13.8. The molecule has 0 aliphatic carbocycles. The highest BCUT2D eigenvalue weighted by Crippen LogP contribution is 2.21. The molecule has 0 bridgehead atoms. The minimum atomic E-state index is -4.35. The van der Waals surface area contributed by atoms with Gasteiger partial charge in [-0.05, 0) is 36.4 Å². The van der Waals surface area contributed by atoms with Gasteiger partial charge in [0.05, 0.1) is 6.54 Å². The van der Waals surface area contributed by atoms with Crippen molar-refractivity contribution in [2.45, 2.75) is 12.7 Å². The van der Waals surface area contributed by atoms with Crippen molar-refractivity contribution >= 4 is 11.1 Å². The zero-order chi connectivity index (χ0) is 18.4. The first-order valence-corrected chi connectivity index (χ1v) is 7.97. The fourth-order valence-corrected chi connectivity index (χ4v) is 2.23. The summed E-state index contributed by atoms with van der Waals surface area (Å²) in [6.07, 6.45) is -4.35. The second-order valence-electron chi connectivity index (χ2n) is 5.48.